The highest BCUT2D eigenvalue weighted by atomic mass is 16.5. The largest absolute Gasteiger partial charge is 0.457 e. The second-order valence-corrected chi connectivity index (χ2v) is 9.84. The van der Waals surface area contributed by atoms with Crippen molar-refractivity contribution in [2.75, 3.05) is 6.61 Å². The van der Waals surface area contributed by atoms with E-state index in [0.717, 1.165) is 48.1 Å². The van der Waals surface area contributed by atoms with Crippen LogP contribution in [0.2, 0.25) is 0 Å². The highest BCUT2D eigenvalue weighted by Crippen LogP contribution is 2.57. The van der Waals surface area contributed by atoms with Gasteiger partial charge in [0, 0.05) is 0 Å². The monoisotopic (exact) mass is 430 g/mol. The number of hydrogen-bond acceptors (Lipinski definition) is 4. The van der Waals surface area contributed by atoms with Gasteiger partial charge in [0.15, 0.2) is 5.78 Å². The zero-order valence-electron chi connectivity index (χ0n) is 18.4. The molecule has 4 aliphatic rings. The minimum Gasteiger partial charge on any atom is -0.457 e. The van der Waals surface area contributed by atoms with E-state index < -0.39 is 5.97 Å². The van der Waals surface area contributed by atoms with Gasteiger partial charge >= 0.3 is 5.97 Å². The van der Waals surface area contributed by atoms with Crippen LogP contribution in [0.15, 0.2) is 66.2 Å². The number of ether oxygens (including phenoxy) is 2. The molecule has 0 atom stereocenters. The second-order valence-electron chi connectivity index (χ2n) is 9.84. The lowest BCUT2D eigenvalue weighted by atomic mass is 9.54. The van der Waals surface area contributed by atoms with Gasteiger partial charge < -0.3 is 9.47 Å². The van der Waals surface area contributed by atoms with Crippen LogP contribution < -0.4 is 0 Å². The molecule has 0 aliphatic heterocycles. The third kappa shape index (κ3) is 4.71. The summed E-state index contributed by atoms with van der Waals surface area (Å²) in [6.45, 7) is 0.0696. The van der Waals surface area contributed by atoms with Crippen molar-refractivity contribution in [3.8, 4) is 0 Å². The van der Waals surface area contributed by atoms with Crippen LogP contribution in [0.5, 0.6) is 0 Å². The van der Waals surface area contributed by atoms with Gasteiger partial charge in [0.25, 0.3) is 0 Å². The van der Waals surface area contributed by atoms with E-state index in [1.807, 2.05) is 60.7 Å². The lowest BCUT2D eigenvalue weighted by molar-refractivity contribution is -0.168. The Hall–Kier alpha value is -2.72. The molecule has 0 radical (unpaired) electrons. The number of carbonyl (C=O) groups excluding carboxylic acids is 2. The fourth-order valence-electron chi connectivity index (χ4n) is 6.27. The number of ketones is 1. The zero-order chi connectivity index (χ0) is 22.0. The maximum atomic E-state index is 13.2. The Bertz CT molecular complexity index is 957. The van der Waals surface area contributed by atoms with Crippen LogP contribution in [-0.2, 0) is 25.7 Å². The van der Waals surface area contributed by atoms with Crippen molar-refractivity contribution >= 4 is 17.8 Å². The quantitative estimate of drug-likeness (QED) is 0.245. The number of esters is 1. The van der Waals surface area contributed by atoms with Crippen molar-refractivity contribution in [3.63, 3.8) is 0 Å². The summed E-state index contributed by atoms with van der Waals surface area (Å²) < 4.78 is 11.8. The van der Waals surface area contributed by atoms with Crippen LogP contribution in [0, 0.1) is 17.8 Å². The van der Waals surface area contributed by atoms with Crippen molar-refractivity contribution in [3.05, 3.63) is 77.4 Å². The summed E-state index contributed by atoms with van der Waals surface area (Å²) in [5, 5.41) is 0. The van der Waals surface area contributed by atoms with Gasteiger partial charge in [-0.25, -0.2) is 4.79 Å². The molecule has 4 fully saturated rings. The maximum absolute atomic E-state index is 13.2. The molecular weight excluding hydrogens is 400 g/mol. The van der Waals surface area contributed by atoms with E-state index >= 15 is 0 Å². The van der Waals surface area contributed by atoms with Gasteiger partial charge in [0.1, 0.15) is 18.8 Å². The minimum absolute atomic E-state index is 0.0526. The van der Waals surface area contributed by atoms with Crippen LogP contribution in [-0.4, -0.2) is 24.0 Å². The van der Waals surface area contributed by atoms with Gasteiger partial charge in [0.05, 0.1) is 5.60 Å². The number of Topliss-reactive ketones (excluding diaryl/α,β-unsaturated/α-hetero) is 1. The molecule has 0 saturated heterocycles. The first-order valence-electron chi connectivity index (χ1n) is 11.7. The van der Waals surface area contributed by atoms with E-state index in [1.165, 1.54) is 19.3 Å². The molecule has 4 aliphatic carbocycles. The van der Waals surface area contributed by atoms with Crippen LogP contribution in [0.4, 0.5) is 0 Å². The molecule has 0 amide bonds. The Morgan fingerprint density at radius 3 is 2.00 bits per heavy atom. The first-order valence-corrected chi connectivity index (χ1v) is 11.7. The van der Waals surface area contributed by atoms with Crippen LogP contribution in [0.1, 0.15) is 49.7 Å². The third-order valence-corrected chi connectivity index (χ3v) is 7.34. The van der Waals surface area contributed by atoms with Gasteiger partial charge in [-0.05, 0) is 73.5 Å². The fraction of sp³-hybridized carbons (Fsp3) is 0.429. The minimum atomic E-state index is -0.600. The highest BCUT2D eigenvalue weighted by molar-refractivity contribution is 6.21. The predicted molar refractivity (Wildman–Crippen MR) is 123 cm³/mol. The number of carbonyl (C=O) groups is 2. The van der Waals surface area contributed by atoms with Gasteiger partial charge in [-0.2, -0.15) is 0 Å². The molecule has 2 aromatic rings. The molecule has 4 nitrogen and oxygen atoms in total. The van der Waals surface area contributed by atoms with Crippen molar-refractivity contribution in [2.45, 2.75) is 50.7 Å². The predicted octanol–water partition coefficient (Wildman–Crippen LogP) is 5.37. The lowest BCUT2D eigenvalue weighted by Gasteiger charge is -2.56. The summed E-state index contributed by atoms with van der Waals surface area (Å²) in [6.07, 6.45) is 8.76. The van der Waals surface area contributed by atoms with E-state index in [0.29, 0.717) is 0 Å². The molecule has 0 heterocycles. The van der Waals surface area contributed by atoms with Gasteiger partial charge in [-0.1, -0.05) is 60.7 Å². The average Bonchev–Trinajstić information content (AvgIpc) is 2.80. The van der Waals surface area contributed by atoms with E-state index in [9.17, 15) is 9.59 Å². The van der Waals surface area contributed by atoms with Crippen LogP contribution in [0.25, 0.3) is 6.08 Å². The Balaban J connectivity index is 1.29. The summed E-state index contributed by atoms with van der Waals surface area (Å²) in [7, 11) is 0. The second kappa shape index (κ2) is 9.03. The summed E-state index contributed by atoms with van der Waals surface area (Å²) in [4.78, 5) is 26.1. The van der Waals surface area contributed by atoms with Gasteiger partial charge in [-0.3, -0.25) is 4.79 Å². The van der Waals surface area contributed by atoms with E-state index in [4.69, 9.17) is 9.47 Å². The van der Waals surface area contributed by atoms with Gasteiger partial charge in [-0.15, -0.1) is 0 Å². The van der Waals surface area contributed by atoms with E-state index in [2.05, 4.69) is 0 Å². The number of hydrogen-bond donors (Lipinski definition) is 0. The SMILES string of the molecule is O=C(COC12CC3CC(CC(C3)C1)C2)/C(=C\c1ccccc1)C(=O)OCc1ccccc1. The number of benzene rings is 2. The van der Waals surface area contributed by atoms with E-state index in [1.54, 1.807) is 6.08 Å². The van der Waals surface area contributed by atoms with Gasteiger partial charge in [0.2, 0.25) is 0 Å². The Morgan fingerprint density at radius 1 is 0.844 bits per heavy atom. The normalized spacial score (nSPS) is 28.5. The molecule has 0 unspecified atom stereocenters. The topological polar surface area (TPSA) is 52.6 Å². The molecule has 6 rings (SSSR count). The van der Waals surface area contributed by atoms with E-state index in [-0.39, 0.29) is 30.2 Å². The highest BCUT2D eigenvalue weighted by Gasteiger charge is 2.51. The lowest BCUT2D eigenvalue weighted by Crippen LogP contribution is -2.52. The summed E-state index contributed by atoms with van der Waals surface area (Å²) in [6, 6.07) is 18.9. The first kappa shape index (κ1) is 21.1. The zero-order valence-corrected chi connectivity index (χ0v) is 18.4. The molecule has 4 heteroatoms. The van der Waals surface area contributed by atoms with Crippen LogP contribution >= 0.6 is 0 Å². The molecule has 2 aromatic carbocycles. The summed E-state index contributed by atoms with van der Waals surface area (Å²) in [5.41, 5.74) is 1.56. The van der Waals surface area contributed by atoms with Crippen molar-refractivity contribution in [1.82, 2.24) is 0 Å². The molecule has 166 valence electrons. The van der Waals surface area contributed by atoms with Crippen LogP contribution in [0.3, 0.4) is 0 Å². The molecule has 32 heavy (non-hydrogen) atoms. The van der Waals surface area contributed by atoms with Crippen molar-refractivity contribution in [2.24, 2.45) is 17.8 Å². The summed E-state index contributed by atoms with van der Waals surface area (Å²) >= 11 is 0. The molecular formula is C28H30O4. The third-order valence-electron chi connectivity index (χ3n) is 7.34. The summed E-state index contributed by atoms with van der Waals surface area (Å²) in [5.74, 6) is 1.32. The molecule has 0 aromatic heterocycles. The maximum Gasteiger partial charge on any atom is 0.342 e. The Kier molecular flexibility index (Phi) is 5.97. The smallest absolute Gasteiger partial charge is 0.342 e. The van der Waals surface area contributed by atoms with Crippen molar-refractivity contribution in [1.29, 1.82) is 0 Å². The molecule has 0 N–H and O–H groups in total. The average molecular weight is 431 g/mol. The fourth-order valence-corrected chi connectivity index (χ4v) is 6.27. The Morgan fingerprint density at radius 2 is 1.41 bits per heavy atom. The van der Waals surface area contributed by atoms with Crippen molar-refractivity contribution < 1.29 is 19.1 Å². The standard InChI is InChI=1S/C28H30O4/c29-26(19-32-28-15-22-11-23(16-28)13-24(12-22)17-28)25(14-20-7-3-1-4-8-20)27(30)31-18-21-9-5-2-6-10-21/h1-10,14,22-24H,11-13,15-19H2/b25-14+. The molecule has 4 bridgehead atoms. The molecule has 4 saturated carbocycles. The number of rotatable bonds is 8. The Labute approximate surface area is 189 Å². The first-order chi connectivity index (χ1) is 15.6. The molecule has 0 spiro atoms.